The average Bonchev–Trinajstić information content (AvgIpc) is 3.50. The number of anilines is 1. The molecule has 0 saturated carbocycles. The van der Waals surface area contributed by atoms with E-state index >= 15 is 0 Å². The Bertz CT molecular complexity index is 1190. The van der Waals surface area contributed by atoms with Gasteiger partial charge < -0.3 is 9.73 Å². The summed E-state index contributed by atoms with van der Waals surface area (Å²) in [6, 6.07) is 20.4. The highest BCUT2D eigenvalue weighted by molar-refractivity contribution is 7.98. The number of piperidine rings is 1. The Balaban J connectivity index is 1.63. The topological polar surface area (TPSA) is 45.5 Å². The highest BCUT2D eigenvalue weighted by Gasteiger charge is 2.31. The second kappa shape index (κ2) is 9.53. The summed E-state index contributed by atoms with van der Waals surface area (Å²) < 4.78 is 6.49. The number of furan rings is 1. The minimum Gasteiger partial charge on any atom is -0.457 e. The molecule has 0 radical (unpaired) electrons. The minimum absolute atomic E-state index is 0.0442. The standard InChI is InChI=1S/C26H26N2O2S2/c1-31-19-13-11-18(12-14-19)24(28-15-5-2-6-16-28)25-23(20-8-3-4-9-21(20)30-25)27-26(29)22-10-7-17-32-22/h3-4,7-14,17,24H,2,5-6,15-16H2,1H3,(H,27,29)/t24-/m0/s1. The normalized spacial score (nSPS) is 15.7. The van der Waals surface area contributed by atoms with Crippen molar-refractivity contribution in [1.82, 2.24) is 4.90 Å². The van der Waals surface area contributed by atoms with Gasteiger partial charge in [-0.25, -0.2) is 0 Å². The molecular weight excluding hydrogens is 436 g/mol. The van der Waals surface area contributed by atoms with E-state index in [1.807, 2.05) is 41.8 Å². The first kappa shape index (κ1) is 21.3. The van der Waals surface area contributed by atoms with Gasteiger partial charge in [-0.15, -0.1) is 23.1 Å². The van der Waals surface area contributed by atoms with E-state index in [0.717, 1.165) is 35.5 Å². The maximum atomic E-state index is 13.0. The Morgan fingerprint density at radius 2 is 1.81 bits per heavy atom. The van der Waals surface area contributed by atoms with Gasteiger partial charge in [0.15, 0.2) is 0 Å². The van der Waals surface area contributed by atoms with Gasteiger partial charge in [-0.1, -0.05) is 36.8 Å². The number of thiophene rings is 1. The van der Waals surface area contributed by atoms with Gasteiger partial charge in [0.1, 0.15) is 11.3 Å². The number of nitrogens with zero attached hydrogens (tertiary/aromatic N) is 1. The molecule has 0 spiro atoms. The fraction of sp³-hybridized carbons (Fsp3) is 0.269. The van der Waals surface area contributed by atoms with E-state index in [1.54, 1.807) is 11.8 Å². The Kier molecular flexibility index (Phi) is 6.35. The van der Waals surface area contributed by atoms with Gasteiger partial charge in [0, 0.05) is 10.3 Å². The first-order chi connectivity index (χ1) is 15.7. The van der Waals surface area contributed by atoms with E-state index in [2.05, 4.69) is 40.7 Å². The number of carbonyl (C=O) groups is 1. The van der Waals surface area contributed by atoms with Crippen molar-refractivity contribution in [1.29, 1.82) is 0 Å². The molecule has 0 unspecified atom stereocenters. The molecule has 2 aromatic carbocycles. The van der Waals surface area contributed by atoms with Crippen LogP contribution in [0.5, 0.6) is 0 Å². The molecule has 2 aromatic heterocycles. The summed E-state index contributed by atoms with van der Waals surface area (Å²) in [6.07, 6.45) is 5.71. The number of hydrogen-bond donors (Lipinski definition) is 1. The van der Waals surface area contributed by atoms with Crippen LogP contribution in [0.4, 0.5) is 5.69 Å². The number of rotatable bonds is 6. The van der Waals surface area contributed by atoms with Crippen LogP contribution in [0.1, 0.15) is 46.3 Å². The zero-order valence-corrected chi connectivity index (χ0v) is 19.7. The summed E-state index contributed by atoms with van der Waals surface area (Å²) in [7, 11) is 0. The number of hydrogen-bond acceptors (Lipinski definition) is 5. The SMILES string of the molecule is CSc1ccc([C@@H](c2oc3ccccc3c2NC(=O)c2cccs2)N2CCCCC2)cc1. The Labute approximate surface area is 196 Å². The van der Waals surface area contributed by atoms with Gasteiger partial charge in [0.25, 0.3) is 5.91 Å². The zero-order chi connectivity index (χ0) is 21.9. The molecule has 1 aliphatic heterocycles. The highest BCUT2D eigenvalue weighted by atomic mass is 32.2. The van der Waals surface area contributed by atoms with Crippen molar-refractivity contribution in [2.75, 3.05) is 24.7 Å². The molecule has 164 valence electrons. The van der Waals surface area contributed by atoms with Crippen molar-refractivity contribution >= 4 is 45.7 Å². The van der Waals surface area contributed by atoms with Crippen LogP contribution < -0.4 is 5.32 Å². The first-order valence-corrected chi connectivity index (χ1v) is 13.1. The van der Waals surface area contributed by atoms with Gasteiger partial charge in [0.05, 0.1) is 16.6 Å². The third-order valence-electron chi connectivity index (χ3n) is 6.04. The zero-order valence-electron chi connectivity index (χ0n) is 18.0. The van der Waals surface area contributed by atoms with Crippen LogP contribution in [0, 0.1) is 0 Å². The summed E-state index contributed by atoms with van der Waals surface area (Å²) in [5.74, 6) is 0.720. The molecule has 1 aliphatic rings. The Morgan fingerprint density at radius 1 is 1.03 bits per heavy atom. The number of likely N-dealkylation sites (tertiary alicyclic amines) is 1. The third-order valence-corrected chi connectivity index (χ3v) is 7.65. The number of amides is 1. The molecule has 0 aliphatic carbocycles. The van der Waals surface area contributed by atoms with Gasteiger partial charge in [-0.05, 0) is 73.5 Å². The van der Waals surface area contributed by atoms with E-state index in [1.165, 1.54) is 41.1 Å². The maximum absolute atomic E-state index is 13.0. The molecule has 1 saturated heterocycles. The summed E-state index contributed by atoms with van der Waals surface area (Å²) in [5, 5.41) is 6.06. The minimum atomic E-state index is -0.0945. The largest absolute Gasteiger partial charge is 0.457 e. The molecule has 0 bridgehead atoms. The molecule has 32 heavy (non-hydrogen) atoms. The van der Waals surface area contributed by atoms with E-state index in [9.17, 15) is 4.79 Å². The fourth-order valence-electron chi connectivity index (χ4n) is 4.46. The second-order valence-electron chi connectivity index (χ2n) is 8.04. The number of thioether (sulfide) groups is 1. The molecule has 4 nitrogen and oxygen atoms in total. The molecule has 1 atom stereocenters. The predicted octanol–water partition coefficient (Wildman–Crippen LogP) is 7.04. The molecule has 5 rings (SSSR count). The molecular formula is C26H26N2O2S2. The summed E-state index contributed by atoms with van der Waals surface area (Å²) in [5.41, 5.74) is 2.77. The van der Waals surface area contributed by atoms with Gasteiger partial charge >= 0.3 is 0 Å². The number of nitrogens with one attached hydrogen (secondary N) is 1. The molecule has 1 amide bonds. The molecule has 4 aromatic rings. The van der Waals surface area contributed by atoms with Crippen molar-refractivity contribution in [2.24, 2.45) is 0 Å². The van der Waals surface area contributed by atoms with Crippen LogP contribution in [0.25, 0.3) is 11.0 Å². The lowest BCUT2D eigenvalue weighted by molar-refractivity contribution is 0.102. The fourth-order valence-corrected chi connectivity index (χ4v) is 5.49. The highest BCUT2D eigenvalue weighted by Crippen LogP contribution is 2.41. The van der Waals surface area contributed by atoms with Crippen molar-refractivity contribution in [3.05, 3.63) is 82.2 Å². The average molecular weight is 463 g/mol. The monoisotopic (exact) mass is 462 g/mol. The van der Waals surface area contributed by atoms with Gasteiger partial charge in [0.2, 0.25) is 0 Å². The third kappa shape index (κ3) is 4.22. The van der Waals surface area contributed by atoms with Gasteiger partial charge in [-0.3, -0.25) is 9.69 Å². The van der Waals surface area contributed by atoms with E-state index in [0.29, 0.717) is 4.88 Å². The lowest BCUT2D eigenvalue weighted by atomic mass is 9.98. The van der Waals surface area contributed by atoms with E-state index in [-0.39, 0.29) is 11.9 Å². The smallest absolute Gasteiger partial charge is 0.265 e. The molecule has 3 heterocycles. The van der Waals surface area contributed by atoms with Crippen molar-refractivity contribution < 1.29 is 9.21 Å². The van der Waals surface area contributed by atoms with Crippen molar-refractivity contribution in [3.63, 3.8) is 0 Å². The maximum Gasteiger partial charge on any atom is 0.265 e. The number of fused-ring (bicyclic) bond motifs is 1. The quantitative estimate of drug-likeness (QED) is 0.312. The van der Waals surface area contributed by atoms with Gasteiger partial charge in [-0.2, -0.15) is 0 Å². The van der Waals surface area contributed by atoms with Crippen LogP contribution in [0.2, 0.25) is 0 Å². The van der Waals surface area contributed by atoms with Crippen LogP contribution >= 0.6 is 23.1 Å². The van der Waals surface area contributed by atoms with Crippen LogP contribution in [0.15, 0.2) is 75.4 Å². The Morgan fingerprint density at radius 3 is 2.53 bits per heavy atom. The first-order valence-electron chi connectivity index (χ1n) is 11.0. The molecule has 1 fully saturated rings. The summed E-state index contributed by atoms with van der Waals surface area (Å²) in [6.45, 7) is 2.04. The summed E-state index contributed by atoms with van der Waals surface area (Å²) >= 11 is 3.19. The van der Waals surface area contributed by atoms with E-state index in [4.69, 9.17) is 4.42 Å². The predicted molar refractivity (Wildman–Crippen MR) is 134 cm³/mol. The number of carbonyl (C=O) groups excluding carboxylic acids is 1. The van der Waals surface area contributed by atoms with Crippen molar-refractivity contribution in [2.45, 2.75) is 30.2 Å². The number of para-hydroxylation sites is 1. The molecule has 1 N–H and O–H groups in total. The van der Waals surface area contributed by atoms with Crippen LogP contribution in [-0.2, 0) is 0 Å². The lowest BCUT2D eigenvalue weighted by Crippen LogP contribution is -2.34. The second-order valence-corrected chi connectivity index (χ2v) is 9.87. The number of benzene rings is 2. The Hall–Kier alpha value is -2.54. The van der Waals surface area contributed by atoms with Crippen molar-refractivity contribution in [3.8, 4) is 0 Å². The van der Waals surface area contributed by atoms with Crippen LogP contribution in [0.3, 0.4) is 0 Å². The lowest BCUT2D eigenvalue weighted by Gasteiger charge is -2.34. The molecule has 6 heteroatoms. The summed E-state index contributed by atoms with van der Waals surface area (Å²) in [4.78, 5) is 17.5. The van der Waals surface area contributed by atoms with Crippen LogP contribution in [-0.4, -0.2) is 30.2 Å². The van der Waals surface area contributed by atoms with E-state index < -0.39 is 0 Å².